The Balaban J connectivity index is 2.57. The number of thiazole rings is 1. The van der Waals surface area contributed by atoms with Gasteiger partial charge in [-0.2, -0.15) is 5.26 Å². The Kier molecular flexibility index (Phi) is 2.17. The van der Waals surface area contributed by atoms with Gasteiger partial charge in [0, 0.05) is 5.02 Å². The molecule has 0 radical (unpaired) electrons. The van der Waals surface area contributed by atoms with Crippen molar-refractivity contribution < 1.29 is 0 Å². The SMILES string of the molecule is N#CCc1nc2ccc(Cl)cc2s1. The summed E-state index contributed by atoms with van der Waals surface area (Å²) in [5, 5.41) is 10.0. The van der Waals surface area contributed by atoms with Gasteiger partial charge in [-0.1, -0.05) is 11.6 Å². The molecule has 0 aliphatic heterocycles. The Bertz CT molecular complexity index is 484. The van der Waals surface area contributed by atoms with Crippen molar-refractivity contribution >= 4 is 33.2 Å². The molecule has 1 aromatic heterocycles. The van der Waals surface area contributed by atoms with Gasteiger partial charge in [-0.15, -0.1) is 11.3 Å². The van der Waals surface area contributed by atoms with E-state index < -0.39 is 0 Å². The second kappa shape index (κ2) is 3.33. The zero-order valence-electron chi connectivity index (χ0n) is 6.62. The van der Waals surface area contributed by atoms with Gasteiger partial charge in [0.2, 0.25) is 0 Å². The standard InChI is InChI=1S/C9H5ClN2S/c10-6-1-2-7-8(5-6)13-9(12-7)3-4-11/h1-2,5H,3H2. The normalized spacial score (nSPS) is 10.2. The number of nitriles is 1. The van der Waals surface area contributed by atoms with E-state index in [1.165, 1.54) is 11.3 Å². The number of aromatic nitrogens is 1. The predicted octanol–water partition coefficient (Wildman–Crippen LogP) is 3.02. The van der Waals surface area contributed by atoms with Gasteiger partial charge in [-0.05, 0) is 18.2 Å². The molecule has 0 fully saturated rings. The summed E-state index contributed by atoms with van der Waals surface area (Å²) >= 11 is 7.34. The van der Waals surface area contributed by atoms with Crippen LogP contribution in [0.4, 0.5) is 0 Å². The Morgan fingerprint density at radius 1 is 1.54 bits per heavy atom. The number of hydrogen-bond acceptors (Lipinski definition) is 3. The van der Waals surface area contributed by atoms with Gasteiger partial charge in [0.05, 0.1) is 22.7 Å². The van der Waals surface area contributed by atoms with E-state index >= 15 is 0 Å². The molecule has 64 valence electrons. The topological polar surface area (TPSA) is 36.7 Å². The smallest absolute Gasteiger partial charge is 0.108 e. The van der Waals surface area contributed by atoms with Crippen molar-refractivity contribution in [2.24, 2.45) is 0 Å². The molecule has 0 saturated heterocycles. The maximum atomic E-state index is 8.49. The summed E-state index contributed by atoms with van der Waals surface area (Å²) in [6.45, 7) is 0. The summed E-state index contributed by atoms with van der Waals surface area (Å²) in [5.74, 6) is 0. The number of fused-ring (bicyclic) bond motifs is 1. The van der Waals surface area contributed by atoms with Crippen LogP contribution in [0.15, 0.2) is 18.2 Å². The van der Waals surface area contributed by atoms with Crippen LogP contribution in [0.25, 0.3) is 10.2 Å². The second-order valence-electron chi connectivity index (χ2n) is 2.55. The number of benzene rings is 1. The average molecular weight is 209 g/mol. The molecule has 2 nitrogen and oxygen atoms in total. The van der Waals surface area contributed by atoms with Gasteiger partial charge in [0.1, 0.15) is 5.01 Å². The van der Waals surface area contributed by atoms with Gasteiger partial charge < -0.3 is 0 Å². The lowest BCUT2D eigenvalue weighted by Gasteiger charge is -1.86. The van der Waals surface area contributed by atoms with Crippen LogP contribution in [-0.2, 0) is 6.42 Å². The number of halogens is 1. The lowest BCUT2D eigenvalue weighted by molar-refractivity contribution is 1.21. The Morgan fingerprint density at radius 2 is 2.38 bits per heavy atom. The summed E-state index contributed by atoms with van der Waals surface area (Å²) in [7, 11) is 0. The molecule has 13 heavy (non-hydrogen) atoms. The maximum Gasteiger partial charge on any atom is 0.108 e. The predicted molar refractivity (Wildman–Crippen MR) is 53.9 cm³/mol. The van der Waals surface area contributed by atoms with Crippen LogP contribution in [0.5, 0.6) is 0 Å². The fraction of sp³-hybridized carbons (Fsp3) is 0.111. The molecule has 2 rings (SSSR count). The monoisotopic (exact) mass is 208 g/mol. The first-order chi connectivity index (χ1) is 6.29. The van der Waals surface area contributed by atoms with Gasteiger partial charge in [-0.25, -0.2) is 4.98 Å². The van der Waals surface area contributed by atoms with Gasteiger partial charge in [0.25, 0.3) is 0 Å². The summed E-state index contributed by atoms with van der Waals surface area (Å²) in [6, 6.07) is 7.62. The fourth-order valence-electron chi connectivity index (χ4n) is 1.09. The molecular weight excluding hydrogens is 204 g/mol. The summed E-state index contributed by atoms with van der Waals surface area (Å²) < 4.78 is 1.04. The molecule has 0 amide bonds. The highest BCUT2D eigenvalue weighted by atomic mass is 35.5. The van der Waals surface area contributed by atoms with Crippen molar-refractivity contribution in [3.05, 3.63) is 28.2 Å². The van der Waals surface area contributed by atoms with Crippen molar-refractivity contribution in [2.45, 2.75) is 6.42 Å². The van der Waals surface area contributed by atoms with E-state index in [-0.39, 0.29) is 0 Å². The third-order valence-corrected chi connectivity index (χ3v) is 2.88. The fourth-order valence-corrected chi connectivity index (χ4v) is 2.26. The highest BCUT2D eigenvalue weighted by Gasteiger charge is 2.02. The molecule has 1 aromatic carbocycles. The minimum Gasteiger partial charge on any atom is -0.240 e. The van der Waals surface area contributed by atoms with Crippen molar-refractivity contribution in [3.63, 3.8) is 0 Å². The minimum atomic E-state index is 0.372. The number of rotatable bonds is 1. The van der Waals surface area contributed by atoms with Gasteiger partial charge >= 0.3 is 0 Å². The van der Waals surface area contributed by atoms with Crippen LogP contribution < -0.4 is 0 Å². The molecule has 0 N–H and O–H groups in total. The van der Waals surface area contributed by atoms with E-state index in [0.29, 0.717) is 11.4 Å². The maximum absolute atomic E-state index is 8.49. The van der Waals surface area contributed by atoms with Crippen LogP contribution in [0.1, 0.15) is 5.01 Å². The zero-order chi connectivity index (χ0) is 9.26. The second-order valence-corrected chi connectivity index (χ2v) is 4.11. The highest BCUT2D eigenvalue weighted by Crippen LogP contribution is 2.25. The first-order valence-corrected chi connectivity index (χ1v) is 4.91. The lowest BCUT2D eigenvalue weighted by Crippen LogP contribution is -1.75. The lowest BCUT2D eigenvalue weighted by atomic mass is 10.3. The molecular formula is C9H5ClN2S. The molecule has 1 heterocycles. The van der Waals surface area contributed by atoms with Crippen molar-refractivity contribution in [1.82, 2.24) is 4.98 Å². The van der Waals surface area contributed by atoms with Crippen LogP contribution in [0.3, 0.4) is 0 Å². The van der Waals surface area contributed by atoms with Crippen LogP contribution in [0.2, 0.25) is 5.02 Å². The van der Waals surface area contributed by atoms with Crippen LogP contribution in [0, 0.1) is 11.3 Å². The number of hydrogen-bond donors (Lipinski definition) is 0. The van der Waals surface area contributed by atoms with E-state index in [1.54, 1.807) is 6.07 Å². The molecule has 0 spiro atoms. The molecule has 0 bridgehead atoms. The quantitative estimate of drug-likeness (QED) is 0.723. The molecule has 0 saturated carbocycles. The molecule has 4 heteroatoms. The molecule has 0 atom stereocenters. The van der Waals surface area contributed by atoms with E-state index in [0.717, 1.165) is 15.2 Å². The van der Waals surface area contributed by atoms with E-state index in [2.05, 4.69) is 11.1 Å². The van der Waals surface area contributed by atoms with E-state index in [1.807, 2.05) is 12.1 Å². The average Bonchev–Trinajstić information content (AvgIpc) is 2.46. The Labute approximate surface area is 84.4 Å². The molecule has 0 unspecified atom stereocenters. The zero-order valence-corrected chi connectivity index (χ0v) is 8.19. The third kappa shape index (κ3) is 1.64. The molecule has 0 aliphatic carbocycles. The summed E-state index contributed by atoms with van der Waals surface area (Å²) in [4.78, 5) is 4.28. The van der Waals surface area contributed by atoms with Gasteiger partial charge in [-0.3, -0.25) is 0 Å². The van der Waals surface area contributed by atoms with Crippen molar-refractivity contribution in [2.75, 3.05) is 0 Å². The van der Waals surface area contributed by atoms with Crippen LogP contribution >= 0.6 is 22.9 Å². The summed E-state index contributed by atoms with van der Waals surface area (Å²) in [6.07, 6.45) is 0.372. The van der Waals surface area contributed by atoms with E-state index in [9.17, 15) is 0 Å². The Hall–Kier alpha value is -1.11. The van der Waals surface area contributed by atoms with Gasteiger partial charge in [0.15, 0.2) is 0 Å². The van der Waals surface area contributed by atoms with E-state index in [4.69, 9.17) is 16.9 Å². The van der Waals surface area contributed by atoms with Crippen LogP contribution in [-0.4, -0.2) is 4.98 Å². The minimum absolute atomic E-state index is 0.372. The number of nitrogens with zero attached hydrogens (tertiary/aromatic N) is 2. The third-order valence-electron chi connectivity index (χ3n) is 1.63. The summed E-state index contributed by atoms with van der Waals surface area (Å²) in [5.41, 5.74) is 0.916. The Morgan fingerprint density at radius 3 is 3.15 bits per heavy atom. The van der Waals surface area contributed by atoms with Crippen molar-refractivity contribution in [1.29, 1.82) is 5.26 Å². The molecule has 2 aromatic rings. The highest BCUT2D eigenvalue weighted by molar-refractivity contribution is 7.18. The largest absolute Gasteiger partial charge is 0.240 e. The first kappa shape index (κ1) is 8.49. The first-order valence-electron chi connectivity index (χ1n) is 3.71. The van der Waals surface area contributed by atoms with Crippen molar-refractivity contribution in [3.8, 4) is 6.07 Å². The molecule has 0 aliphatic rings.